The van der Waals surface area contributed by atoms with Crippen LogP contribution in [0, 0.1) is 0 Å². The molecule has 56 heavy (non-hydrogen) atoms. The lowest BCUT2D eigenvalue weighted by Gasteiger charge is -2.21. The van der Waals surface area contributed by atoms with E-state index in [2.05, 4.69) is 199 Å². The molecule has 0 amide bonds. The van der Waals surface area contributed by atoms with E-state index in [1.54, 1.807) is 0 Å². The summed E-state index contributed by atoms with van der Waals surface area (Å²) in [6.07, 6.45) is 1.93. The van der Waals surface area contributed by atoms with E-state index in [-0.39, 0.29) is 16.2 Å². The van der Waals surface area contributed by atoms with Gasteiger partial charge in [-0.2, -0.15) is 0 Å². The molecule has 1 N–H and O–H groups in total. The van der Waals surface area contributed by atoms with Crippen LogP contribution >= 0.6 is 0 Å². The van der Waals surface area contributed by atoms with Crippen molar-refractivity contribution >= 4 is 43.6 Å². The highest BCUT2D eigenvalue weighted by atomic mass is 15.1. The quantitative estimate of drug-likeness (QED) is 0.196. The fraction of sp³-hybridized carbons (Fsp3) is 0.231. The lowest BCUT2D eigenvalue weighted by molar-refractivity contribution is 0.589. The maximum absolute atomic E-state index is 5.72. The number of aromatic amines is 1. The Morgan fingerprint density at radius 1 is 0.518 bits per heavy atom. The molecule has 3 heterocycles. The molecule has 6 aromatic carbocycles. The minimum absolute atomic E-state index is 0.0291. The summed E-state index contributed by atoms with van der Waals surface area (Å²) in [7, 11) is 0. The molecule has 0 spiro atoms. The predicted octanol–water partition coefficient (Wildman–Crippen LogP) is 14.1. The maximum atomic E-state index is 5.72. The molecule has 0 saturated carbocycles. The molecule has 4 nitrogen and oxygen atoms in total. The predicted molar refractivity (Wildman–Crippen MR) is 238 cm³/mol. The first-order valence-electron chi connectivity index (χ1n) is 19.8. The third-order valence-electron chi connectivity index (χ3n) is 11.5. The van der Waals surface area contributed by atoms with Crippen LogP contribution in [0.1, 0.15) is 79.0 Å². The first kappa shape index (κ1) is 35.7. The zero-order valence-electron chi connectivity index (χ0n) is 34.0. The standard InChI is InChI=1S/C52H50N4/c1-50(2,3)35-23-24-43-40(28-35)41-29-37(52(7,8)9)30-42(47(41)54-43)49-55-48-39(33-17-12-18-34(27-33)44-31-36(25-26-53-44)51(4,5)6)20-14-22-46(48)56(49)45-21-13-16-32-15-10-11-19-38(32)45/h10-31,54H,1-9H3. The van der Waals surface area contributed by atoms with Crippen LogP contribution < -0.4 is 0 Å². The van der Waals surface area contributed by atoms with Crippen LogP contribution in [0.5, 0.6) is 0 Å². The van der Waals surface area contributed by atoms with Gasteiger partial charge in [0, 0.05) is 44.6 Å². The number of para-hydroxylation sites is 1. The van der Waals surface area contributed by atoms with Gasteiger partial charge in [0.2, 0.25) is 0 Å². The van der Waals surface area contributed by atoms with E-state index >= 15 is 0 Å². The molecule has 0 bridgehead atoms. The summed E-state index contributed by atoms with van der Waals surface area (Å²) in [6, 6.07) is 46.7. The number of aromatic nitrogens is 4. The SMILES string of the molecule is CC(C)(C)c1ccnc(-c2cccc(-c3cccc4c3nc(-c3cc(C(C)(C)C)cc5c3[nH]c3ccc(C(C)(C)C)cc35)n4-c3cccc4ccccc34)c2)c1. The number of imidazole rings is 1. The lowest BCUT2D eigenvalue weighted by atomic mass is 9.84. The Balaban J connectivity index is 1.35. The Morgan fingerprint density at radius 3 is 1.98 bits per heavy atom. The molecule has 9 rings (SSSR count). The molecular formula is C52H50N4. The average Bonchev–Trinajstić information content (AvgIpc) is 3.75. The van der Waals surface area contributed by atoms with Crippen molar-refractivity contribution in [3.05, 3.63) is 150 Å². The number of nitrogens with zero attached hydrogens (tertiary/aromatic N) is 3. The number of nitrogens with one attached hydrogen (secondary N) is 1. The van der Waals surface area contributed by atoms with Crippen molar-refractivity contribution in [2.24, 2.45) is 0 Å². The molecule has 0 saturated heterocycles. The zero-order chi connectivity index (χ0) is 39.1. The van der Waals surface area contributed by atoms with Crippen LogP contribution in [0.3, 0.4) is 0 Å². The highest BCUT2D eigenvalue weighted by molar-refractivity contribution is 6.13. The number of H-pyrrole nitrogens is 1. The summed E-state index contributed by atoms with van der Waals surface area (Å²) in [4.78, 5) is 14.4. The van der Waals surface area contributed by atoms with Gasteiger partial charge in [0.05, 0.1) is 27.9 Å². The van der Waals surface area contributed by atoms with Gasteiger partial charge in [0.15, 0.2) is 0 Å². The Labute approximate surface area is 330 Å². The normalized spacial score (nSPS) is 12.7. The van der Waals surface area contributed by atoms with Crippen LogP contribution in [-0.4, -0.2) is 19.5 Å². The van der Waals surface area contributed by atoms with Gasteiger partial charge in [0.1, 0.15) is 5.82 Å². The minimum Gasteiger partial charge on any atom is -0.354 e. The van der Waals surface area contributed by atoms with Crippen LogP contribution in [0.15, 0.2) is 134 Å². The number of hydrogen-bond acceptors (Lipinski definition) is 2. The van der Waals surface area contributed by atoms with Gasteiger partial charge in [-0.3, -0.25) is 9.55 Å². The molecule has 0 aliphatic rings. The number of benzene rings is 6. The molecule has 0 radical (unpaired) electrons. The van der Waals surface area contributed by atoms with Gasteiger partial charge >= 0.3 is 0 Å². The first-order valence-corrected chi connectivity index (χ1v) is 19.8. The zero-order valence-corrected chi connectivity index (χ0v) is 34.0. The van der Waals surface area contributed by atoms with Crippen molar-refractivity contribution in [1.82, 2.24) is 19.5 Å². The number of hydrogen-bond donors (Lipinski definition) is 1. The van der Waals surface area contributed by atoms with Crippen molar-refractivity contribution in [3.63, 3.8) is 0 Å². The van der Waals surface area contributed by atoms with E-state index in [0.717, 1.165) is 61.5 Å². The van der Waals surface area contributed by atoms with Gasteiger partial charge in [-0.15, -0.1) is 0 Å². The summed E-state index contributed by atoms with van der Waals surface area (Å²) in [5.74, 6) is 0.915. The Hall–Kier alpha value is -6.00. The summed E-state index contributed by atoms with van der Waals surface area (Å²) in [5, 5.41) is 4.85. The smallest absolute Gasteiger partial charge is 0.147 e. The van der Waals surface area contributed by atoms with Crippen LogP contribution in [0.2, 0.25) is 0 Å². The molecule has 278 valence electrons. The molecule has 0 fully saturated rings. The molecule has 0 atom stereocenters. The van der Waals surface area contributed by atoms with Gasteiger partial charge in [0.25, 0.3) is 0 Å². The Morgan fingerprint density at radius 2 is 1.20 bits per heavy atom. The van der Waals surface area contributed by atoms with E-state index in [0.29, 0.717) is 0 Å². The summed E-state index contributed by atoms with van der Waals surface area (Å²) in [6.45, 7) is 20.5. The number of rotatable bonds is 4. The van der Waals surface area contributed by atoms with Crippen molar-refractivity contribution in [1.29, 1.82) is 0 Å². The summed E-state index contributed by atoms with van der Waals surface area (Å²) >= 11 is 0. The van der Waals surface area contributed by atoms with E-state index in [1.165, 1.54) is 38.2 Å². The molecule has 4 heteroatoms. The third kappa shape index (κ3) is 6.09. The number of fused-ring (bicyclic) bond motifs is 5. The molecule has 0 aliphatic carbocycles. The monoisotopic (exact) mass is 730 g/mol. The molecule has 0 unspecified atom stereocenters. The number of pyridine rings is 1. The summed E-state index contributed by atoms with van der Waals surface area (Å²) in [5.41, 5.74) is 14.6. The average molecular weight is 731 g/mol. The van der Waals surface area contributed by atoms with Crippen LogP contribution in [0.25, 0.3) is 83.1 Å². The molecule has 0 aliphatic heterocycles. The Kier molecular flexibility index (Phi) is 8.14. The minimum atomic E-state index is -0.0889. The Bertz CT molecular complexity index is 2970. The first-order chi connectivity index (χ1) is 26.6. The highest BCUT2D eigenvalue weighted by Crippen LogP contribution is 2.43. The van der Waals surface area contributed by atoms with E-state index in [9.17, 15) is 0 Å². The van der Waals surface area contributed by atoms with Gasteiger partial charge in [-0.1, -0.05) is 135 Å². The largest absolute Gasteiger partial charge is 0.354 e. The second-order valence-corrected chi connectivity index (χ2v) is 18.5. The van der Waals surface area contributed by atoms with Gasteiger partial charge < -0.3 is 4.98 Å². The second-order valence-electron chi connectivity index (χ2n) is 18.5. The fourth-order valence-electron chi connectivity index (χ4n) is 8.14. The van der Waals surface area contributed by atoms with Crippen molar-refractivity contribution in [2.45, 2.75) is 78.6 Å². The topological polar surface area (TPSA) is 46.5 Å². The lowest BCUT2D eigenvalue weighted by Crippen LogP contribution is -2.11. The van der Waals surface area contributed by atoms with Gasteiger partial charge in [-0.05, 0) is 98.5 Å². The highest BCUT2D eigenvalue weighted by Gasteiger charge is 2.26. The van der Waals surface area contributed by atoms with Gasteiger partial charge in [-0.25, -0.2) is 4.98 Å². The fourth-order valence-corrected chi connectivity index (χ4v) is 8.14. The van der Waals surface area contributed by atoms with E-state index in [1.807, 2.05) is 6.20 Å². The van der Waals surface area contributed by atoms with E-state index in [4.69, 9.17) is 9.97 Å². The maximum Gasteiger partial charge on any atom is 0.147 e. The van der Waals surface area contributed by atoms with E-state index < -0.39 is 0 Å². The molecular weight excluding hydrogens is 681 g/mol. The van der Waals surface area contributed by atoms with Crippen molar-refractivity contribution < 1.29 is 0 Å². The van der Waals surface area contributed by atoms with Crippen LogP contribution in [-0.2, 0) is 16.2 Å². The second kappa shape index (κ2) is 12.8. The molecule has 3 aromatic heterocycles. The third-order valence-corrected chi connectivity index (χ3v) is 11.5. The molecule has 9 aromatic rings. The summed E-state index contributed by atoms with van der Waals surface area (Å²) < 4.78 is 2.40. The van der Waals surface area contributed by atoms with Crippen LogP contribution in [0.4, 0.5) is 0 Å². The van der Waals surface area contributed by atoms with Crippen molar-refractivity contribution in [2.75, 3.05) is 0 Å². The van der Waals surface area contributed by atoms with Crippen molar-refractivity contribution in [3.8, 4) is 39.5 Å².